The lowest BCUT2D eigenvalue weighted by Gasteiger charge is -2.16. The summed E-state index contributed by atoms with van der Waals surface area (Å²) in [6, 6.07) is 0.436. The van der Waals surface area contributed by atoms with Gasteiger partial charge in [0.05, 0.1) is 31.9 Å². The first-order valence-electron chi connectivity index (χ1n) is 10.3. The van der Waals surface area contributed by atoms with Crippen molar-refractivity contribution in [1.29, 1.82) is 0 Å². The highest BCUT2D eigenvalue weighted by Gasteiger charge is 2.42. The smallest absolute Gasteiger partial charge is 0.315 e. The van der Waals surface area contributed by atoms with Gasteiger partial charge in [0.2, 0.25) is 5.91 Å². The lowest BCUT2D eigenvalue weighted by atomic mass is 10.0. The van der Waals surface area contributed by atoms with Crippen molar-refractivity contribution < 1.29 is 23.9 Å². The second-order valence-corrected chi connectivity index (χ2v) is 8.83. The van der Waals surface area contributed by atoms with Crippen LogP contribution in [0.3, 0.4) is 0 Å². The number of hydrogen-bond acceptors (Lipinski definition) is 7. The van der Waals surface area contributed by atoms with E-state index < -0.39 is 0 Å². The second-order valence-electron chi connectivity index (χ2n) is 7.24. The first-order valence-corrected chi connectivity index (χ1v) is 12.0. The summed E-state index contributed by atoms with van der Waals surface area (Å²) in [6.45, 7) is 2.46. The number of nitrogens with one attached hydrogen (secondary N) is 3. The summed E-state index contributed by atoms with van der Waals surface area (Å²) in [5.41, 5.74) is 0. The summed E-state index contributed by atoms with van der Waals surface area (Å²) in [6.07, 6.45) is 4.59. The van der Waals surface area contributed by atoms with E-state index in [1.807, 2.05) is 11.8 Å². The highest BCUT2D eigenvalue weighted by atomic mass is 32.2. The van der Waals surface area contributed by atoms with Gasteiger partial charge in [-0.25, -0.2) is 4.79 Å². The molecule has 10 heteroatoms. The average molecular weight is 448 g/mol. The summed E-state index contributed by atoms with van der Waals surface area (Å²) in [5.74, 6) is 1.43. The number of rotatable bonds is 16. The van der Waals surface area contributed by atoms with E-state index in [0.717, 1.165) is 25.0 Å². The van der Waals surface area contributed by atoms with Crippen molar-refractivity contribution in [3.05, 3.63) is 0 Å². The van der Waals surface area contributed by atoms with Crippen LogP contribution in [0, 0.1) is 0 Å². The zero-order valence-corrected chi connectivity index (χ0v) is 18.5. The first kappa shape index (κ1) is 24.3. The Morgan fingerprint density at radius 1 is 1.07 bits per heavy atom. The number of ether oxygens (including phenoxy) is 2. The Labute approximate surface area is 182 Å². The predicted octanol–water partition coefficient (Wildman–Crippen LogP) is 1.14. The van der Waals surface area contributed by atoms with Crippen molar-refractivity contribution in [2.45, 2.75) is 55.9 Å². The monoisotopic (exact) mass is 447 g/mol. The number of thioether (sulfide) groups is 1. The van der Waals surface area contributed by atoms with E-state index in [-0.39, 0.29) is 35.6 Å². The molecule has 3 amide bonds. The fourth-order valence-electron chi connectivity index (χ4n) is 3.40. The van der Waals surface area contributed by atoms with Crippen molar-refractivity contribution in [1.82, 2.24) is 16.0 Å². The zero-order valence-electron chi connectivity index (χ0n) is 16.8. The number of hydrogen-bond donors (Lipinski definition) is 4. The number of urea groups is 1. The molecule has 0 unspecified atom stereocenters. The van der Waals surface area contributed by atoms with E-state index in [2.05, 4.69) is 28.6 Å². The van der Waals surface area contributed by atoms with E-state index in [1.54, 1.807) is 0 Å². The minimum atomic E-state index is -0.0563. The number of Topliss-reactive ketones (excluding diaryl/α,β-unsaturated/α-hetero) is 1. The molecule has 0 bridgehead atoms. The number of unbranched alkanes of at least 4 members (excludes halogenated alkanes) is 1. The predicted molar refractivity (Wildman–Crippen MR) is 117 cm³/mol. The molecule has 2 aliphatic rings. The van der Waals surface area contributed by atoms with Gasteiger partial charge in [0.15, 0.2) is 0 Å². The molecular weight excluding hydrogens is 414 g/mol. The maximum atomic E-state index is 11.9. The third-order valence-corrected chi connectivity index (χ3v) is 6.80. The minimum absolute atomic E-state index is 0.0477. The SMILES string of the molecule is O=C(CS)CCCOCCOCCNC(=O)CCCC[C@@H]1SC[C@@H]2NC(=O)N[C@@H]21. The molecule has 2 aliphatic heterocycles. The van der Waals surface area contributed by atoms with Gasteiger partial charge in [0.1, 0.15) is 5.78 Å². The Bertz CT molecular complexity index is 538. The van der Waals surface area contributed by atoms with Gasteiger partial charge in [-0.2, -0.15) is 24.4 Å². The van der Waals surface area contributed by atoms with Crippen LogP contribution in [0.1, 0.15) is 38.5 Å². The zero-order chi connectivity index (χ0) is 20.9. The van der Waals surface area contributed by atoms with Gasteiger partial charge < -0.3 is 25.4 Å². The second kappa shape index (κ2) is 14.1. The number of amides is 3. The Morgan fingerprint density at radius 3 is 2.66 bits per heavy atom. The van der Waals surface area contributed by atoms with Gasteiger partial charge in [-0.15, -0.1) is 0 Å². The summed E-state index contributed by atoms with van der Waals surface area (Å²) in [4.78, 5) is 34.3. The molecule has 2 saturated heterocycles. The molecule has 2 fully saturated rings. The topological polar surface area (TPSA) is 106 Å². The van der Waals surface area contributed by atoms with Crippen LogP contribution in [0.5, 0.6) is 0 Å². The third-order valence-electron chi connectivity index (χ3n) is 4.94. The van der Waals surface area contributed by atoms with E-state index in [1.165, 1.54) is 0 Å². The molecular formula is C19H33N3O5S2. The highest BCUT2D eigenvalue weighted by Crippen LogP contribution is 2.33. The first-order chi connectivity index (χ1) is 14.1. The number of carbonyl (C=O) groups excluding carboxylic acids is 3. The molecule has 29 heavy (non-hydrogen) atoms. The summed E-state index contributed by atoms with van der Waals surface area (Å²) in [7, 11) is 0. The Hall–Kier alpha value is -0.970. The number of ketones is 1. The summed E-state index contributed by atoms with van der Waals surface area (Å²) in [5, 5.41) is 9.24. The van der Waals surface area contributed by atoms with E-state index in [9.17, 15) is 14.4 Å². The minimum Gasteiger partial charge on any atom is -0.379 e. The van der Waals surface area contributed by atoms with Crippen molar-refractivity contribution in [2.75, 3.05) is 44.5 Å². The van der Waals surface area contributed by atoms with Gasteiger partial charge in [0, 0.05) is 42.7 Å². The molecule has 0 spiro atoms. The maximum Gasteiger partial charge on any atom is 0.315 e. The fourth-order valence-corrected chi connectivity index (χ4v) is 5.10. The molecule has 0 aromatic carbocycles. The van der Waals surface area contributed by atoms with Crippen molar-refractivity contribution in [2.24, 2.45) is 0 Å². The third kappa shape index (κ3) is 9.59. The Kier molecular flexibility index (Phi) is 11.8. The molecule has 8 nitrogen and oxygen atoms in total. The quantitative estimate of drug-likeness (QED) is 0.161. The maximum absolute atomic E-state index is 11.9. The number of carbonyl (C=O) groups is 3. The molecule has 3 atom stereocenters. The Morgan fingerprint density at radius 2 is 1.86 bits per heavy atom. The van der Waals surface area contributed by atoms with Gasteiger partial charge >= 0.3 is 6.03 Å². The van der Waals surface area contributed by atoms with Crippen LogP contribution in [0.4, 0.5) is 4.79 Å². The van der Waals surface area contributed by atoms with Crippen molar-refractivity contribution in [3.8, 4) is 0 Å². The average Bonchev–Trinajstić information content (AvgIpc) is 3.25. The summed E-state index contributed by atoms with van der Waals surface area (Å²) >= 11 is 5.82. The van der Waals surface area contributed by atoms with Crippen LogP contribution in [0.15, 0.2) is 0 Å². The van der Waals surface area contributed by atoms with Crippen LogP contribution < -0.4 is 16.0 Å². The lowest BCUT2D eigenvalue weighted by molar-refractivity contribution is -0.121. The van der Waals surface area contributed by atoms with Crippen LogP contribution in [0.25, 0.3) is 0 Å². The van der Waals surface area contributed by atoms with Crippen LogP contribution >= 0.6 is 24.4 Å². The van der Waals surface area contributed by atoms with Crippen LogP contribution in [-0.2, 0) is 19.1 Å². The largest absolute Gasteiger partial charge is 0.379 e. The van der Waals surface area contributed by atoms with Gasteiger partial charge in [-0.05, 0) is 19.3 Å². The van der Waals surface area contributed by atoms with Crippen LogP contribution in [-0.4, -0.2) is 79.5 Å². The molecule has 0 radical (unpaired) electrons. The number of fused-ring (bicyclic) bond motifs is 1. The summed E-state index contributed by atoms with van der Waals surface area (Å²) < 4.78 is 10.8. The van der Waals surface area contributed by atoms with E-state index in [0.29, 0.717) is 57.5 Å². The molecule has 0 aromatic heterocycles. The fraction of sp³-hybridized carbons (Fsp3) is 0.842. The van der Waals surface area contributed by atoms with Crippen molar-refractivity contribution >= 4 is 42.1 Å². The van der Waals surface area contributed by atoms with E-state index >= 15 is 0 Å². The van der Waals surface area contributed by atoms with Gasteiger partial charge in [-0.3, -0.25) is 9.59 Å². The molecule has 0 aliphatic carbocycles. The molecule has 2 rings (SSSR count). The molecule has 2 heterocycles. The Balaban J connectivity index is 1.35. The molecule has 166 valence electrons. The van der Waals surface area contributed by atoms with Crippen LogP contribution in [0.2, 0.25) is 0 Å². The molecule has 0 aromatic rings. The van der Waals surface area contributed by atoms with Crippen molar-refractivity contribution in [3.63, 3.8) is 0 Å². The van der Waals surface area contributed by atoms with E-state index in [4.69, 9.17) is 9.47 Å². The highest BCUT2D eigenvalue weighted by molar-refractivity contribution is 8.00. The molecule has 3 N–H and O–H groups in total. The van der Waals surface area contributed by atoms with Gasteiger partial charge in [-0.1, -0.05) is 6.42 Å². The standard InChI is InChI=1S/C19H33N3O5S2/c23-14(12-28)4-3-8-26-10-11-27-9-7-20-17(24)6-2-1-5-16-18-15(13-29-16)21-19(25)22-18/h15-16,18,28H,1-13H2,(H,20,24)(H2,21,22,25)/t15-,16-,18-/m0/s1. The lowest BCUT2D eigenvalue weighted by Crippen LogP contribution is -2.36. The normalized spacial score (nSPS) is 22.8. The van der Waals surface area contributed by atoms with Gasteiger partial charge in [0.25, 0.3) is 0 Å². The number of thiol groups is 1. The molecule has 0 saturated carbocycles.